The standard InChI is InChI=1S/C21H21ClF3NO5S/c1-2-30-20(27)26-19-10-6-14-5-9-16(31-32(28,29)21(23,24)25)12-17(14)18(19)11-13-3-7-15(22)8-4-13/h3-5,7-9,12,18-19H,2,6,10-11H2,1H3,(H,26,27). The molecule has 1 N–H and O–H groups in total. The highest BCUT2D eigenvalue weighted by Crippen LogP contribution is 2.38. The summed E-state index contributed by atoms with van der Waals surface area (Å²) in [7, 11) is -5.80. The van der Waals surface area contributed by atoms with Gasteiger partial charge >= 0.3 is 21.7 Å². The van der Waals surface area contributed by atoms with Crippen LogP contribution in [0.25, 0.3) is 0 Å². The van der Waals surface area contributed by atoms with Crippen LogP contribution < -0.4 is 9.50 Å². The molecule has 2 aromatic rings. The van der Waals surface area contributed by atoms with Gasteiger partial charge in [0.05, 0.1) is 6.61 Å². The molecule has 0 aromatic heterocycles. The number of hydrogen-bond acceptors (Lipinski definition) is 5. The normalized spacial score (nSPS) is 18.5. The van der Waals surface area contributed by atoms with Crippen LogP contribution in [0.4, 0.5) is 18.0 Å². The first-order valence-electron chi connectivity index (χ1n) is 9.81. The van der Waals surface area contributed by atoms with E-state index in [9.17, 15) is 26.4 Å². The van der Waals surface area contributed by atoms with Gasteiger partial charge in [-0.25, -0.2) is 4.79 Å². The Labute approximate surface area is 188 Å². The second kappa shape index (κ2) is 9.58. The number of halogens is 4. The molecule has 174 valence electrons. The molecule has 1 aliphatic rings. The summed E-state index contributed by atoms with van der Waals surface area (Å²) >= 11 is 5.95. The van der Waals surface area contributed by atoms with Gasteiger partial charge in [0, 0.05) is 17.0 Å². The van der Waals surface area contributed by atoms with Gasteiger partial charge in [-0.3, -0.25) is 0 Å². The number of fused-ring (bicyclic) bond motifs is 1. The first-order chi connectivity index (χ1) is 15.0. The fourth-order valence-corrected chi connectivity index (χ4v) is 4.30. The molecule has 2 atom stereocenters. The monoisotopic (exact) mass is 491 g/mol. The van der Waals surface area contributed by atoms with Gasteiger partial charge in [-0.2, -0.15) is 21.6 Å². The maximum absolute atomic E-state index is 12.7. The third-order valence-electron chi connectivity index (χ3n) is 5.16. The zero-order chi connectivity index (χ0) is 23.5. The van der Waals surface area contributed by atoms with E-state index >= 15 is 0 Å². The summed E-state index contributed by atoms with van der Waals surface area (Å²) < 4.78 is 70.4. The maximum Gasteiger partial charge on any atom is 0.534 e. The van der Waals surface area contributed by atoms with Crippen LogP contribution in [0.5, 0.6) is 5.75 Å². The molecule has 11 heteroatoms. The lowest BCUT2D eigenvalue weighted by Gasteiger charge is -2.34. The molecule has 0 saturated carbocycles. The highest BCUT2D eigenvalue weighted by atomic mass is 35.5. The molecule has 2 aromatic carbocycles. The fourth-order valence-electron chi connectivity index (χ4n) is 3.72. The Morgan fingerprint density at radius 2 is 1.88 bits per heavy atom. The Balaban J connectivity index is 1.96. The van der Waals surface area contributed by atoms with Crippen molar-refractivity contribution in [3.8, 4) is 5.75 Å². The van der Waals surface area contributed by atoms with Gasteiger partial charge in [0.25, 0.3) is 0 Å². The first kappa shape index (κ1) is 24.2. The van der Waals surface area contributed by atoms with E-state index in [1.54, 1.807) is 25.1 Å². The third kappa shape index (κ3) is 5.66. The van der Waals surface area contributed by atoms with Gasteiger partial charge in [0.15, 0.2) is 0 Å². The SMILES string of the molecule is CCOC(=O)NC1CCc2ccc(OS(=O)(=O)C(F)(F)F)cc2C1Cc1ccc(Cl)cc1. The lowest BCUT2D eigenvalue weighted by atomic mass is 9.76. The minimum atomic E-state index is -5.80. The zero-order valence-electron chi connectivity index (χ0n) is 17.0. The summed E-state index contributed by atoms with van der Waals surface area (Å²) in [5.41, 5.74) is -3.22. The number of ether oxygens (including phenoxy) is 1. The largest absolute Gasteiger partial charge is 0.534 e. The van der Waals surface area contributed by atoms with E-state index in [4.69, 9.17) is 16.3 Å². The lowest BCUT2D eigenvalue weighted by Crippen LogP contribution is -2.43. The topological polar surface area (TPSA) is 81.7 Å². The molecule has 0 aliphatic heterocycles. The van der Waals surface area contributed by atoms with Gasteiger partial charge in [-0.1, -0.05) is 29.8 Å². The second-order valence-electron chi connectivity index (χ2n) is 7.29. The summed E-state index contributed by atoms with van der Waals surface area (Å²) in [6, 6.07) is 10.7. The molecule has 0 saturated heterocycles. The van der Waals surface area contributed by atoms with Crippen LogP contribution in [0.1, 0.15) is 36.0 Å². The van der Waals surface area contributed by atoms with E-state index in [2.05, 4.69) is 9.50 Å². The first-order valence-corrected chi connectivity index (χ1v) is 11.6. The van der Waals surface area contributed by atoms with Crippen LogP contribution in [-0.4, -0.2) is 32.7 Å². The minimum Gasteiger partial charge on any atom is -0.450 e. The lowest BCUT2D eigenvalue weighted by molar-refractivity contribution is -0.0500. The summed E-state index contributed by atoms with van der Waals surface area (Å²) in [5.74, 6) is -0.805. The molecular weight excluding hydrogens is 471 g/mol. The van der Waals surface area contributed by atoms with E-state index in [0.717, 1.165) is 11.1 Å². The van der Waals surface area contributed by atoms with Crippen molar-refractivity contribution in [2.24, 2.45) is 0 Å². The highest BCUT2D eigenvalue weighted by molar-refractivity contribution is 7.88. The number of alkyl carbamates (subject to hydrolysis) is 1. The number of amides is 1. The van der Waals surface area contributed by atoms with Crippen molar-refractivity contribution >= 4 is 27.8 Å². The smallest absolute Gasteiger partial charge is 0.450 e. The van der Waals surface area contributed by atoms with Crippen LogP contribution >= 0.6 is 11.6 Å². The predicted molar refractivity (Wildman–Crippen MR) is 112 cm³/mol. The summed E-state index contributed by atoms with van der Waals surface area (Å²) in [5, 5.41) is 3.36. The van der Waals surface area contributed by atoms with Crippen molar-refractivity contribution in [3.63, 3.8) is 0 Å². The molecule has 0 spiro atoms. The fraction of sp³-hybridized carbons (Fsp3) is 0.381. The third-order valence-corrected chi connectivity index (χ3v) is 6.39. The van der Waals surface area contributed by atoms with E-state index in [1.165, 1.54) is 12.1 Å². The number of benzene rings is 2. The van der Waals surface area contributed by atoms with Gasteiger partial charge in [0.2, 0.25) is 0 Å². The van der Waals surface area contributed by atoms with Crippen molar-refractivity contribution in [2.75, 3.05) is 6.61 Å². The Morgan fingerprint density at radius 3 is 2.50 bits per heavy atom. The van der Waals surface area contributed by atoms with Crippen molar-refractivity contribution in [3.05, 3.63) is 64.2 Å². The molecular formula is C21H21ClF3NO5S. The Kier molecular flexibility index (Phi) is 7.24. The minimum absolute atomic E-state index is 0.185. The molecule has 32 heavy (non-hydrogen) atoms. The van der Waals surface area contributed by atoms with E-state index in [0.29, 0.717) is 29.8 Å². The molecule has 6 nitrogen and oxygen atoms in total. The van der Waals surface area contributed by atoms with Crippen molar-refractivity contribution < 1.29 is 35.3 Å². The molecule has 0 fully saturated rings. The number of carbonyl (C=O) groups is 1. The molecule has 1 amide bonds. The van der Waals surface area contributed by atoms with Gasteiger partial charge < -0.3 is 14.2 Å². The average molecular weight is 492 g/mol. The van der Waals surface area contributed by atoms with Crippen molar-refractivity contribution in [1.82, 2.24) is 5.32 Å². The molecule has 2 unspecified atom stereocenters. The van der Waals surface area contributed by atoms with Crippen molar-refractivity contribution in [1.29, 1.82) is 0 Å². The van der Waals surface area contributed by atoms with E-state index in [-0.39, 0.29) is 18.6 Å². The Hall–Kier alpha value is -2.46. The number of carbonyl (C=O) groups excluding carboxylic acids is 1. The summed E-state index contributed by atoms with van der Waals surface area (Å²) in [6.07, 6.45) is 0.937. The van der Waals surface area contributed by atoms with Gasteiger partial charge in [-0.15, -0.1) is 0 Å². The van der Waals surface area contributed by atoms with Crippen molar-refractivity contribution in [2.45, 2.75) is 43.7 Å². The second-order valence-corrected chi connectivity index (χ2v) is 9.27. The zero-order valence-corrected chi connectivity index (χ0v) is 18.6. The quantitative estimate of drug-likeness (QED) is 0.456. The number of rotatable bonds is 6. The summed E-state index contributed by atoms with van der Waals surface area (Å²) in [4.78, 5) is 12.1. The van der Waals surface area contributed by atoms with Crippen LogP contribution in [0, 0.1) is 0 Å². The molecule has 0 heterocycles. The highest BCUT2D eigenvalue weighted by Gasteiger charge is 2.48. The molecule has 0 radical (unpaired) electrons. The Morgan fingerprint density at radius 1 is 1.19 bits per heavy atom. The van der Waals surface area contributed by atoms with E-state index < -0.39 is 27.5 Å². The molecule has 3 rings (SSSR count). The predicted octanol–water partition coefficient (Wildman–Crippen LogP) is 4.96. The van der Waals surface area contributed by atoms with Crippen LogP contribution in [-0.2, 0) is 27.7 Å². The van der Waals surface area contributed by atoms with E-state index in [1.807, 2.05) is 12.1 Å². The molecule has 1 aliphatic carbocycles. The van der Waals surface area contributed by atoms with Crippen LogP contribution in [0.3, 0.4) is 0 Å². The summed E-state index contributed by atoms with van der Waals surface area (Å²) in [6.45, 7) is 1.86. The number of alkyl halides is 3. The van der Waals surface area contributed by atoms with Crippen LogP contribution in [0.15, 0.2) is 42.5 Å². The van der Waals surface area contributed by atoms with Gasteiger partial charge in [-0.05, 0) is 67.1 Å². The number of aryl methyl sites for hydroxylation is 1. The number of nitrogens with one attached hydrogen (secondary N) is 1. The van der Waals surface area contributed by atoms with Gasteiger partial charge in [0.1, 0.15) is 5.75 Å². The molecule has 0 bridgehead atoms. The average Bonchev–Trinajstić information content (AvgIpc) is 2.70. The van der Waals surface area contributed by atoms with Crippen LogP contribution in [0.2, 0.25) is 5.02 Å². The maximum atomic E-state index is 12.7. The number of hydrogen-bond donors (Lipinski definition) is 1. The Bertz CT molecular complexity index is 1070.